The van der Waals surface area contributed by atoms with Crippen molar-refractivity contribution in [1.82, 2.24) is 20.6 Å². The molecule has 0 fully saturated rings. The summed E-state index contributed by atoms with van der Waals surface area (Å²) in [7, 11) is 0. The van der Waals surface area contributed by atoms with Gasteiger partial charge in [0.1, 0.15) is 17.5 Å². The largest absolute Gasteiger partial charge is 0.463 e. The summed E-state index contributed by atoms with van der Waals surface area (Å²) in [5.74, 6) is -0.248. The van der Waals surface area contributed by atoms with Gasteiger partial charge in [0.05, 0.1) is 24.4 Å². The van der Waals surface area contributed by atoms with E-state index in [0.717, 1.165) is 5.56 Å². The van der Waals surface area contributed by atoms with Crippen LogP contribution in [0.5, 0.6) is 0 Å². The van der Waals surface area contributed by atoms with Crippen LogP contribution in [0.3, 0.4) is 0 Å². The molecule has 2 heterocycles. The van der Waals surface area contributed by atoms with E-state index in [0.29, 0.717) is 16.4 Å². The quantitative estimate of drug-likeness (QED) is 0.372. The highest BCUT2D eigenvalue weighted by Crippen LogP contribution is 2.30. The number of nitriles is 1. The lowest BCUT2D eigenvalue weighted by molar-refractivity contribution is -0.139. The molecule has 4 N–H and O–H groups in total. The van der Waals surface area contributed by atoms with Gasteiger partial charge in [0.15, 0.2) is 5.16 Å². The fourth-order valence-electron chi connectivity index (χ4n) is 2.75. The lowest BCUT2D eigenvalue weighted by Gasteiger charge is -2.29. The normalized spacial score (nSPS) is 15.9. The van der Waals surface area contributed by atoms with Crippen LogP contribution in [-0.2, 0) is 9.53 Å². The Hall–Kier alpha value is -3.58. The molecule has 1 aromatic carbocycles. The van der Waals surface area contributed by atoms with Gasteiger partial charge in [-0.25, -0.2) is 19.6 Å². The molecule has 0 saturated heterocycles. The number of thioether (sulfide) groups is 1. The van der Waals surface area contributed by atoms with Crippen molar-refractivity contribution in [3.8, 4) is 6.07 Å². The Morgan fingerprint density at radius 2 is 2.14 bits per heavy atom. The van der Waals surface area contributed by atoms with Crippen LogP contribution in [0.2, 0.25) is 0 Å². The second kappa shape index (κ2) is 9.07. The third-order valence-electron chi connectivity index (χ3n) is 4.04. The van der Waals surface area contributed by atoms with E-state index in [1.807, 2.05) is 36.4 Å². The van der Waals surface area contributed by atoms with Crippen LogP contribution in [0.15, 0.2) is 53.0 Å². The highest BCUT2D eigenvalue weighted by molar-refractivity contribution is 7.99. The molecule has 29 heavy (non-hydrogen) atoms. The van der Waals surface area contributed by atoms with Crippen LogP contribution in [0.1, 0.15) is 24.1 Å². The predicted molar refractivity (Wildman–Crippen MR) is 106 cm³/mol. The molecule has 1 unspecified atom stereocenters. The average molecular weight is 410 g/mol. The summed E-state index contributed by atoms with van der Waals surface area (Å²) < 4.78 is 5.22. The highest BCUT2D eigenvalue weighted by Gasteiger charge is 2.33. The number of anilines is 1. The summed E-state index contributed by atoms with van der Waals surface area (Å²) in [6.45, 7) is 1.92. The number of esters is 1. The van der Waals surface area contributed by atoms with Gasteiger partial charge in [-0.15, -0.1) is 0 Å². The van der Waals surface area contributed by atoms with Gasteiger partial charge in [0, 0.05) is 11.4 Å². The van der Waals surface area contributed by atoms with Gasteiger partial charge in [-0.3, -0.25) is 0 Å². The first-order valence-corrected chi connectivity index (χ1v) is 9.70. The molecule has 0 saturated carbocycles. The summed E-state index contributed by atoms with van der Waals surface area (Å²) in [6, 6.07) is 9.98. The van der Waals surface area contributed by atoms with Crippen LogP contribution < -0.4 is 16.4 Å². The van der Waals surface area contributed by atoms with Crippen molar-refractivity contribution in [3.63, 3.8) is 0 Å². The topological polar surface area (TPSA) is 143 Å². The highest BCUT2D eigenvalue weighted by atomic mass is 32.2. The molecule has 1 aliphatic heterocycles. The first kappa shape index (κ1) is 20.2. The van der Waals surface area contributed by atoms with Crippen molar-refractivity contribution < 1.29 is 14.3 Å². The Morgan fingerprint density at radius 1 is 1.38 bits per heavy atom. The number of nitrogens with two attached hydrogens (primary N) is 1. The number of benzene rings is 1. The van der Waals surface area contributed by atoms with Gasteiger partial charge in [0.25, 0.3) is 0 Å². The van der Waals surface area contributed by atoms with Crippen molar-refractivity contribution in [3.05, 3.63) is 58.9 Å². The van der Waals surface area contributed by atoms with Crippen LogP contribution in [0, 0.1) is 11.3 Å². The Bertz CT molecular complexity index is 1000. The maximum Gasteiger partial charge on any atom is 0.338 e. The van der Waals surface area contributed by atoms with E-state index in [1.165, 1.54) is 18.0 Å². The molecule has 1 atom stereocenters. The number of hydrogen-bond acceptors (Lipinski definition) is 8. The summed E-state index contributed by atoms with van der Waals surface area (Å²) in [5, 5.41) is 14.7. The third kappa shape index (κ3) is 4.64. The van der Waals surface area contributed by atoms with E-state index in [-0.39, 0.29) is 23.7 Å². The van der Waals surface area contributed by atoms with Gasteiger partial charge in [0.2, 0.25) is 0 Å². The molecule has 9 nitrogen and oxygen atoms in total. The minimum Gasteiger partial charge on any atom is -0.463 e. The second-order valence-electron chi connectivity index (χ2n) is 5.91. The van der Waals surface area contributed by atoms with Crippen LogP contribution in [0.4, 0.5) is 10.6 Å². The van der Waals surface area contributed by atoms with Crippen molar-refractivity contribution in [2.24, 2.45) is 0 Å². The number of hydrogen-bond donors (Lipinski definition) is 3. The van der Waals surface area contributed by atoms with E-state index in [9.17, 15) is 9.59 Å². The van der Waals surface area contributed by atoms with Gasteiger partial charge in [-0.2, -0.15) is 5.26 Å². The Kier molecular flexibility index (Phi) is 6.31. The van der Waals surface area contributed by atoms with Gasteiger partial charge < -0.3 is 21.1 Å². The lowest BCUT2D eigenvalue weighted by Crippen LogP contribution is -2.46. The van der Waals surface area contributed by atoms with E-state index in [1.54, 1.807) is 6.92 Å². The van der Waals surface area contributed by atoms with E-state index >= 15 is 0 Å². The molecule has 0 bridgehead atoms. The molecule has 2 amide bonds. The molecule has 2 aromatic rings. The smallest absolute Gasteiger partial charge is 0.338 e. The Labute approximate surface area is 171 Å². The molecule has 10 heteroatoms. The molecular formula is C19H18N6O3S. The van der Waals surface area contributed by atoms with Crippen LogP contribution >= 0.6 is 11.8 Å². The number of nitrogens with one attached hydrogen (secondary N) is 2. The molecular weight excluding hydrogens is 392 g/mol. The zero-order valence-electron chi connectivity index (χ0n) is 15.5. The van der Waals surface area contributed by atoms with Crippen LogP contribution in [0.25, 0.3) is 0 Å². The summed E-state index contributed by atoms with van der Waals surface area (Å²) in [4.78, 5) is 33.1. The molecule has 3 rings (SSSR count). The number of nitrogen functional groups attached to an aromatic ring is 1. The summed E-state index contributed by atoms with van der Waals surface area (Å²) in [6.07, 6.45) is 1.33. The fraction of sp³-hybridized carbons (Fsp3) is 0.211. The fourth-order valence-corrected chi connectivity index (χ4v) is 3.54. The average Bonchev–Trinajstić information content (AvgIpc) is 2.72. The van der Waals surface area contributed by atoms with Crippen molar-refractivity contribution in [2.75, 3.05) is 18.1 Å². The number of aromatic nitrogens is 2. The zero-order valence-corrected chi connectivity index (χ0v) is 16.3. The van der Waals surface area contributed by atoms with Crippen molar-refractivity contribution in [1.29, 1.82) is 5.26 Å². The third-order valence-corrected chi connectivity index (χ3v) is 4.93. The van der Waals surface area contributed by atoms with Crippen molar-refractivity contribution in [2.45, 2.75) is 18.1 Å². The number of rotatable bonds is 6. The number of urea groups is 1. The van der Waals surface area contributed by atoms with Gasteiger partial charge >= 0.3 is 12.0 Å². The minimum absolute atomic E-state index is 0.0705. The molecule has 148 valence electrons. The number of nitrogens with zero attached hydrogens (tertiary/aromatic N) is 3. The van der Waals surface area contributed by atoms with Gasteiger partial charge in [-0.05, 0) is 12.5 Å². The molecule has 0 spiro atoms. The summed E-state index contributed by atoms with van der Waals surface area (Å²) >= 11 is 1.18. The van der Waals surface area contributed by atoms with Crippen LogP contribution in [-0.4, -0.2) is 34.3 Å². The van der Waals surface area contributed by atoms with Crippen molar-refractivity contribution >= 4 is 29.6 Å². The standard InChI is InChI=1S/C19H18N6O3S/c1-2-28-17(26)14-13(10-29-19-22-9-12(8-20)16(21)25-19)23-18(27)24-15(14)11-6-4-3-5-7-11/h3-7,9,15H,2,10H2,1H3,(H2,21,22,25)(H2,23,24,27). The SMILES string of the molecule is CCOC(=O)C1=C(CSc2ncc(C#N)c(N)n2)NC(=O)NC1c1ccccc1. The molecule has 1 aromatic heterocycles. The summed E-state index contributed by atoms with van der Waals surface area (Å²) in [5.41, 5.74) is 7.37. The van der Waals surface area contributed by atoms with E-state index in [2.05, 4.69) is 20.6 Å². The first-order valence-electron chi connectivity index (χ1n) is 8.71. The number of carbonyl (C=O) groups excluding carboxylic acids is 2. The first-order chi connectivity index (χ1) is 14.0. The Morgan fingerprint density at radius 3 is 2.79 bits per heavy atom. The minimum atomic E-state index is -0.647. The predicted octanol–water partition coefficient (Wildman–Crippen LogP) is 1.89. The van der Waals surface area contributed by atoms with E-state index in [4.69, 9.17) is 15.7 Å². The maximum atomic E-state index is 12.7. The monoisotopic (exact) mass is 410 g/mol. The van der Waals surface area contributed by atoms with E-state index < -0.39 is 18.0 Å². The number of ether oxygens (including phenoxy) is 1. The molecule has 0 radical (unpaired) electrons. The van der Waals surface area contributed by atoms with Gasteiger partial charge in [-0.1, -0.05) is 42.1 Å². The Balaban J connectivity index is 1.94. The molecule has 0 aliphatic carbocycles. The number of amides is 2. The zero-order chi connectivity index (χ0) is 20.8. The second-order valence-corrected chi connectivity index (χ2v) is 6.85. The lowest BCUT2D eigenvalue weighted by atomic mass is 9.95. The maximum absolute atomic E-state index is 12.7. The molecule has 1 aliphatic rings. The number of carbonyl (C=O) groups is 2.